The molecule has 2 fully saturated rings. The van der Waals surface area contributed by atoms with Gasteiger partial charge in [0.15, 0.2) is 5.82 Å². The van der Waals surface area contributed by atoms with Crippen molar-refractivity contribution in [3.8, 4) is 0 Å². The molecule has 104 valence electrons. The summed E-state index contributed by atoms with van der Waals surface area (Å²) in [5.41, 5.74) is 1.10. The smallest absolute Gasteiger partial charge is 0.159 e. The van der Waals surface area contributed by atoms with Gasteiger partial charge >= 0.3 is 0 Å². The topological polar surface area (TPSA) is 35.0 Å². The fraction of sp³-hybridized carbons (Fsp3) is 0.733. The second-order valence-electron chi connectivity index (χ2n) is 5.80. The average Bonchev–Trinajstić information content (AvgIpc) is 3.24. The molecule has 0 spiro atoms. The lowest BCUT2D eigenvalue weighted by molar-refractivity contribution is 0.0287. The first-order chi connectivity index (χ1) is 9.28. The van der Waals surface area contributed by atoms with Crippen molar-refractivity contribution >= 4 is 11.6 Å². The third-order valence-corrected chi connectivity index (χ3v) is 4.51. The minimum absolute atomic E-state index is 0.0106. The highest BCUT2D eigenvalue weighted by Gasteiger charge is 2.30. The Kier molecular flexibility index (Phi) is 4.04. The minimum Gasteiger partial charge on any atom is -0.373 e. The quantitative estimate of drug-likeness (QED) is 0.772. The van der Waals surface area contributed by atoms with Crippen LogP contribution in [0.25, 0.3) is 0 Å². The second-order valence-corrected chi connectivity index (χ2v) is 6.19. The van der Waals surface area contributed by atoms with E-state index >= 15 is 0 Å². The maximum absolute atomic E-state index is 6.16. The molecule has 2 aliphatic carbocycles. The summed E-state index contributed by atoms with van der Waals surface area (Å²) in [6.07, 6.45) is 8.83. The Morgan fingerprint density at radius 3 is 2.53 bits per heavy atom. The van der Waals surface area contributed by atoms with Gasteiger partial charge in [0.2, 0.25) is 0 Å². The SMILES string of the molecule is COC(c1nc(Cl)cc(C2CC2)n1)C1CCCCC1. The molecule has 3 nitrogen and oxygen atoms in total. The number of methoxy groups -OCH3 is 1. The highest BCUT2D eigenvalue weighted by molar-refractivity contribution is 6.29. The van der Waals surface area contributed by atoms with Crippen molar-refractivity contribution < 1.29 is 4.74 Å². The van der Waals surface area contributed by atoms with Gasteiger partial charge in [0.25, 0.3) is 0 Å². The molecule has 0 amide bonds. The summed E-state index contributed by atoms with van der Waals surface area (Å²) in [6.45, 7) is 0. The molecule has 19 heavy (non-hydrogen) atoms. The summed E-state index contributed by atoms with van der Waals surface area (Å²) in [4.78, 5) is 9.14. The van der Waals surface area contributed by atoms with E-state index in [4.69, 9.17) is 21.3 Å². The average molecular weight is 281 g/mol. The summed E-state index contributed by atoms with van der Waals surface area (Å²) in [5, 5.41) is 0.560. The fourth-order valence-electron chi connectivity index (χ4n) is 3.11. The lowest BCUT2D eigenvalue weighted by atomic mass is 9.85. The van der Waals surface area contributed by atoms with Crippen LogP contribution in [-0.2, 0) is 4.74 Å². The molecular formula is C15H21ClN2O. The van der Waals surface area contributed by atoms with Gasteiger partial charge in [0.1, 0.15) is 11.3 Å². The maximum Gasteiger partial charge on any atom is 0.159 e. The normalized spacial score (nSPS) is 22.4. The van der Waals surface area contributed by atoms with Gasteiger partial charge in [-0.05, 0) is 37.7 Å². The third kappa shape index (κ3) is 3.09. The maximum atomic E-state index is 6.16. The molecule has 0 N–H and O–H groups in total. The molecule has 0 aromatic carbocycles. The molecule has 0 aliphatic heterocycles. The zero-order valence-electron chi connectivity index (χ0n) is 11.4. The lowest BCUT2D eigenvalue weighted by Gasteiger charge is -2.28. The van der Waals surface area contributed by atoms with Crippen molar-refractivity contribution in [2.75, 3.05) is 7.11 Å². The van der Waals surface area contributed by atoms with E-state index in [-0.39, 0.29) is 6.10 Å². The monoisotopic (exact) mass is 280 g/mol. The summed E-state index contributed by atoms with van der Waals surface area (Å²) >= 11 is 6.16. The van der Waals surface area contributed by atoms with Gasteiger partial charge in [0.05, 0.1) is 0 Å². The molecule has 2 aliphatic rings. The van der Waals surface area contributed by atoms with Crippen LogP contribution in [0.2, 0.25) is 5.15 Å². The van der Waals surface area contributed by atoms with E-state index in [1.54, 1.807) is 7.11 Å². The van der Waals surface area contributed by atoms with Crippen LogP contribution < -0.4 is 0 Å². The second kappa shape index (κ2) is 5.76. The van der Waals surface area contributed by atoms with Gasteiger partial charge in [-0.15, -0.1) is 0 Å². The van der Waals surface area contributed by atoms with Crippen LogP contribution in [0, 0.1) is 5.92 Å². The first kappa shape index (κ1) is 13.3. The van der Waals surface area contributed by atoms with E-state index in [1.165, 1.54) is 44.9 Å². The number of hydrogen-bond acceptors (Lipinski definition) is 3. The molecule has 1 aromatic heterocycles. The van der Waals surface area contributed by atoms with Gasteiger partial charge < -0.3 is 4.74 Å². The highest BCUT2D eigenvalue weighted by Crippen LogP contribution is 2.41. The minimum atomic E-state index is 0.0106. The molecule has 3 rings (SSSR count). The molecule has 1 atom stereocenters. The van der Waals surface area contributed by atoms with Crippen molar-refractivity contribution in [3.63, 3.8) is 0 Å². The number of rotatable bonds is 4. The fourth-order valence-corrected chi connectivity index (χ4v) is 3.31. The van der Waals surface area contributed by atoms with Crippen LogP contribution in [-0.4, -0.2) is 17.1 Å². The lowest BCUT2D eigenvalue weighted by Crippen LogP contribution is -2.20. The summed E-state index contributed by atoms with van der Waals surface area (Å²) < 4.78 is 5.70. The number of halogens is 1. The molecule has 2 saturated carbocycles. The Hall–Kier alpha value is -0.670. The Labute approximate surface area is 119 Å². The van der Waals surface area contributed by atoms with E-state index in [9.17, 15) is 0 Å². The summed E-state index contributed by atoms with van der Waals surface area (Å²) in [5.74, 6) is 1.94. The number of hydrogen-bond donors (Lipinski definition) is 0. The summed E-state index contributed by atoms with van der Waals surface area (Å²) in [7, 11) is 1.76. The van der Waals surface area contributed by atoms with Gasteiger partial charge in [-0.3, -0.25) is 0 Å². The Bertz CT molecular complexity index is 442. The van der Waals surface area contributed by atoms with Crippen molar-refractivity contribution in [2.45, 2.75) is 57.0 Å². The number of aromatic nitrogens is 2. The predicted molar refractivity (Wildman–Crippen MR) is 75.3 cm³/mol. The van der Waals surface area contributed by atoms with Gasteiger partial charge in [-0.2, -0.15) is 0 Å². The first-order valence-electron chi connectivity index (χ1n) is 7.35. The molecule has 1 unspecified atom stereocenters. The van der Waals surface area contributed by atoms with E-state index in [0.29, 0.717) is 17.0 Å². The molecule has 0 radical (unpaired) electrons. The molecule has 1 heterocycles. The largest absolute Gasteiger partial charge is 0.373 e. The Morgan fingerprint density at radius 2 is 1.89 bits per heavy atom. The van der Waals surface area contributed by atoms with Crippen LogP contribution in [0.4, 0.5) is 0 Å². The number of nitrogens with zero attached hydrogens (tertiary/aromatic N) is 2. The molecular weight excluding hydrogens is 260 g/mol. The van der Waals surface area contributed by atoms with E-state index < -0.39 is 0 Å². The van der Waals surface area contributed by atoms with Gasteiger partial charge in [-0.25, -0.2) is 9.97 Å². The Balaban J connectivity index is 1.84. The third-order valence-electron chi connectivity index (χ3n) is 4.31. The van der Waals surface area contributed by atoms with Crippen molar-refractivity contribution in [1.29, 1.82) is 0 Å². The predicted octanol–water partition coefficient (Wildman–Crippen LogP) is 4.28. The van der Waals surface area contributed by atoms with Crippen LogP contribution in [0.5, 0.6) is 0 Å². The van der Waals surface area contributed by atoms with Crippen molar-refractivity contribution in [3.05, 3.63) is 22.7 Å². The molecule has 4 heteroatoms. The van der Waals surface area contributed by atoms with E-state index in [2.05, 4.69) is 4.98 Å². The zero-order chi connectivity index (χ0) is 13.2. The number of ether oxygens (including phenoxy) is 1. The van der Waals surface area contributed by atoms with Crippen LogP contribution >= 0.6 is 11.6 Å². The standard InChI is InChI=1S/C15H21ClN2O/c1-19-14(11-5-3-2-4-6-11)15-17-12(10-7-8-10)9-13(16)18-15/h9-11,14H,2-8H2,1H3. The molecule has 0 bridgehead atoms. The van der Waals surface area contributed by atoms with Crippen LogP contribution in [0.1, 0.15) is 68.5 Å². The van der Waals surface area contributed by atoms with E-state index in [1.807, 2.05) is 6.07 Å². The Morgan fingerprint density at radius 1 is 1.16 bits per heavy atom. The van der Waals surface area contributed by atoms with Crippen molar-refractivity contribution in [2.24, 2.45) is 5.92 Å². The zero-order valence-corrected chi connectivity index (χ0v) is 12.2. The molecule has 1 aromatic rings. The first-order valence-corrected chi connectivity index (χ1v) is 7.73. The van der Waals surface area contributed by atoms with Gasteiger partial charge in [0, 0.05) is 18.7 Å². The van der Waals surface area contributed by atoms with Crippen molar-refractivity contribution in [1.82, 2.24) is 9.97 Å². The van der Waals surface area contributed by atoms with Gasteiger partial charge in [-0.1, -0.05) is 30.9 Å². The highest BCUT2D eigenvalue weighted by atomic mass is 35.5. The molecule has 0 saturated heterocycles. The van der Waals surface area contributed by atoms with Crippen LogP contribution in [0.3, 0.4) is 0 Å². The summed E-state index contributed by atoms with van der Waals surface area (Å²) in [6, 6.07) is 1.91. The van der Waals surface area contributed by atoms with Crippen LogP contribution in [0.15, 0.2) is 6.07 Å². The van der Waals surface area contributed by atoms with E-state index in [0.717, 1.165) is 11.5 Å².